The lowest BCUT2D eigenvalue weighted by Crippen LogP contribution is -2.43. The molecule has 0 aliphatic carbocycles. The predicted octanol–water partition coefficient (Wildman–Crippen LogP) is 1.11. The highest BCUT2D eigenvalue weighted by Gasteiger charge is 2.39. The molecule has 1 aromatic carbocycles. The minimum absolute atomic E-state index is 0.0409. The fourth-order valence-electron chi connectivity index (χ4n) is 2.42. The van der Waals surface area contributed by atoms with E-state index < -0.39 is 12.0 Å². The van der Waals surface area contributed by atoms with Crippen LogP contribution in [-0.2, 0) is 9.59 Å². The van der Waals surface area contributed by atoms with E-state index in [9.17, 15) is 14.7 Å². The number of aliphatic hydroxyl groups is 1. The molecule has 1 aliphatic heterocycles. The van der Waals surface area contributed by atoms with Gasteiger partial charge in [-0.1, -0.05) is 23.7 Å². The molecule has 2 N–H and O–H groups in total. The Bertz CT molecular complexity index is 516. The van der Waals surface area contributed by atoms with E-state index in [0.717, 1.165) is 5.56 Å². The van der Waals surface area contributed by atoms with E-state index in [1.807, 2.05) is 12.1 Å². The number of likely N-dealkylation sites (tertiary alicyclic amines) is 1. The van der Waals surface area contributed by atoms with Gasteiger partial charge in [-0.2, -0.15) is 0 Å². The lowest BCUT2D eigenvalue weighted by atomic mass is 10.00. The van der Waals surface area contributed by atoms with E-state index in [1.54, 1.807) is 24.1 Å². The average molecular weight is 297 g/mol. The zero-order valence-electron chi connectivity index (χ0n) is 11.3. The van der Waals surface area contributed by atoms with Gasteiger partial charge in [0.15, 0.2) is 0 Å². The number of amides is 2. The molecule has 3 atom stereocenters. The molecular formula is C14H17ClN2O3. The third kappa shape index (κ3) is 2.94. The molecule has 2 rings (SSSR count). The minimum atomic E-state index is -1.10. The van der Waals surface area contributed by atoms with E-state index in [4.69, 9.17) is 11.6 Å². The molecular weight excluding hydrogens is 280 g/mol. The van der Waals surface area contributed by atoms with Gasteiger partial charge in [-0.05, 0) is 24.6 Å². The molecule has 1 heterocycles. The number of halogens is 1. The number of carbonyl (C=O) groups is 2. The van der Waals surface area contributed by atoms with Crippen molar-refractivity contribution in [3.63, 3.8) is 0 Å². The summed E-state index contributed by atoms with van der Waals surface area (Å²) in [7, 11) is 1.70. The van der Waals surface area contributed by atoms with Crippen LogP contribution in [0.4, 0.5) is 0 Å². The maximum atomic E-state index is 11.9. The van der Waals surface area contributed by atoms with Gasteiger partial charge >= 0.3 is 0 Å². The Morgan fingerprint density at radius 3 is 2.60 bits per heavy atom. The zero-order valence-corrected chi connectivity index (χ0v) is 12.1. The fourth-order valence-corrected chi connectivity index (χ4v) is 2.54. The van der Waals surface area contributed by atoms with Crippen LogP contribution in [0.15, 0.2) is 24.3 Å². The molecule has 3 unspecified atom stereocenters. The van der Waals surface area contributed by atoms with E-state index in [-0.39, 0.29) is 24.4 Å². The Hall–Kier alpha value is -1.59. The summed E-state index contributed by atoms with van der Waals surface area (Å²) in [5, 5.41) is 12.6. The van der Waals surface area contributed by atoms with Crippen molar-refractivity contribution in [2.45, 2.75) is 31.5 Å². The molecule has 0 radical (unpaired) electrons. The molecule has 0 saturated carbocycles. The van der Waals surface area contributed by atoms with Crippen molar-refractivity contribution in [3.05, 3.63) is 34.9 Å². The largest absolute Gasteiger partial charge is 0.384 e. The molecule has 1 saturated heterocycles. The summed E-state index contributed by atoms with van der Waals surface area (Å²) in [5.41, 5.74) is 0.902. The molecule has 108 valence electrons. The van der Waals surface area contributed by atoms with Crippen molar-refractivity contribution >= 4 is 23.4 Å². The van der Waals surface area contributed by atoms with E-state index in [1.165, 1.54) is 6.92 Å². The van der Waals surface area contributed by atoms with E-state index >= 15 is 0 Å². The fraction of sp³-hybridized carbons (Fsp3) is 0.429. The van der Waals surface area contributed by atoms with Gasteiger partial charge in [-0.3, -0.25) is 9.59 Å². The first-order valence-electron chi connectivity index (χ1n) is 6.39. The number of nitrogens with zero attached hydrogens (tertiary/aromatic N) is 1. The second kappa shape index (κ2) is 5.81. The van der Waals surface area contributed by atoms with Crippen LogP contribution in [0.3, 0.4) is 0 Å². The van der Waals surface area contributed by atoms with Crippen LogP contribution < -0.4 is 5.32 Å². The molecule has 0 aromatic heterocycles. The molecule has 2 amide bonds. The monoisotopic (exact) mass is 296 g/mol. The van der Waals surface area contributed by atoms with Crippen molar-refractivity contribution in [3.8, 4) is 0 Å². The first-order chi connectivity index (χ1) is 9.40. The SMILES string of the molecule is CC(O)C(=O)NC1CC(=O)N(C)C1c1ccc(Cl)cc1. The van der Waals surface area contributed by atoms with Crippen LogP contribution in [0, 0.1) is 0 Å². The Labute approximate surface area is 122 Å². The van der Waals surface area contributed by atoms with Crippen LogP contribution in [0.5, 0.6) is 0 Å². The smallest absolute Gasteiger partial charge is 0.248 e. The molecule has 1 aromatic rings. The number of rotatable bonds is 3. The maximum Gasteiger partial charge on any atom is 0.248 e. The van der Waals surface area contributed by atoms with Crippen LogP contribution in [0.2, 0.25) is 5.02 Å². The van der Waals surface area contributed by atoms with Crippen molar-refractivity contribution < 1.29 is 14.7 Å². The number of carbonyl (C=O) groups excluding carboxylic acids is 2. The van der Waals surface area contributed by atoms with Gasteiger partial charge in [0.05, 0.1) is 12.1 Å². The first-order valence-corrected chi connectivity index (χ1v) is 6.77. The van der Waals surface area contributed by atoms with Gasteiger partial charge in [-0.25, -0.2) is 0 Å². The maximum absolute atomic E-state index is 11.9. The molecule has 1 fully saturated rings. The summed E-state index contributed by atoms with van der Waals surface area (Å²) in [5.74, 6) is -0.516. The highest BCUT2D eigenvalue weighted by Crippen LogP contribution is 2.32. The van der Waals surface area contributed by atoms with Crippen LogP contribution in [-0.4, -0.2) is 41.0 Å². The van der Waals surface area contributed by atoms with E-state index in [2.05, 4.69) is 5.32 Å². The van der Waals surface area contributed by atoms with Crippen molar-refractivity contribution in [1.82, 2.24) is 10.2 Å². The molecule has 5 nitrogen and oxygen atoms in total. The number of nitrogens with one attached hydrogen (secondary N) is 1. The van der Waals surface area contributed by atoms with Gasteiger partial charge in [0.25, 0.3) is 0 Å². The number of hydrogen-bond acceptors (Lipinski definition) is 3. The second-order valence-corrected chi connectivity index (χ2v) is 5.43. The Balaban J connectivity index is 2.24. The molecule has 0 bridgehead atoms. The molecule has 6 heteroatoms. The molecule has 1 aliphatic rings. The summed E-state index contributed by atoms with van der Waals surface area (Å²) in [6.07, 6.45) is -0.871. The summed E-state index contributed by atoms with van der Waals surface area (Å²) in [4.78, 5) is 25.1. The standard InChI is InChI=1S/C14H17ClN2O3/c1-8(18)14(20)16-11-7-12(19)17(2)13(11)9-3-5-10(15)6-4-9/h3-6,8,11,13,18H,7H2,1-2H3,(H,16,20). The van der Waals surface area contributed by atoms with Crippen molar-refractivity contribution in [1.29, 1.82) is 0 Å². The number of benzene rings is 1. The van der Waals surface area contributed by atoms with Gasteiger partial charge in [0.2, 0.25) is 11.8 Å². The number of likely N-dealkylation sites (N-methyl/N-ethyl adjacent to an activating group) is 1. The van der Waals surface area contributed by atoms with E-state index in [0.29, 0.717) is 5.02 Å². The normalized spacial score (nSPS) is 23.8. The lowest BCUT2D eigenvalue weighted by molar-refractivity contribution is -0.129. The topological polar surface area (TPSA) is 69.6 Å². The number of aliphatic hydroxyl groups excluding tert-OH is 1. The summed E-state index contributed by atoms with van der Waals surface area (Å²) < 4.78 is 0. The third-order valence-electron chi connectivity index (χ3n) is 3.50. The third-order valence-corrected chi connectivity index (χ3v) is 3.76. The Morgan fingerprint density at radius 2 is 2.05 bits per heavy atom. The Morgan fingerprint density at radius 1 is 1.45 bits per heavy atom. The van der Waals surface area contributed by atoms with Gasteiger partial charge in [-0.15, -0.1) is 0 Å². The van der Waals surface area contributed by atoms with Crippen LogP contribution in [0.1, 0.15) is 24.9 Å². The van der Waals surface area contributed by atoms with Gasteiger partial charge in [0, 0.05) is 18.5 Å². The predicted molar refractivity (Wildman–Crippen MR) is 75.2 cm³/mol. The first kappa shape index (κ1) is 14.8. The summed E-state index contributed by atoms with van der Waals surface area (Å²) >= 11 is 5.86. The highest BCUT2D eigenvalue weighted by molar-refractivity contribution is 6.30. The molecule has 0 spiro atoms. The lowest BCUT2D eigenvalue weighted by Gasteiger charge is -2.26. The Kier molecular flexibility index (Phi) is 4.30. The molecule has 20 heavy (non-hydrogen) atoms. The average Bonchev–Trinajstić information content (AvgIpc) is 2.66. The summed E-state index contributed by atoms with van der Waals surface area (Å²) in [6, 6.07) is 6.58. The summed E-state index contributed by atoms with van der Waals surface area (Å²) in [6.45, 7) is 1.40. The number of hydrogen-bond donors (Lipinski definition) is 2. The van der Waals surface area contributed by atoms with Crippen molar-refractivity contribution in [2.75, 3.05) is 7.05 Å². The zero-order chi connectivity index (χ0) is 14.9. The minimum Gasteiger partial charge on any atom is -0.384 e. The highest BCUT2D eigenvalue weighted by atomic mass is 35.5. The van der Waals surface area contributed by atoms with Crippen LogP contribution >= 0.6 is 11.6 Å². The van der Waals surface area contributed by atoms with Gasteiger partial charge in [0.1, 0.15) is 6.10 Å². The van der Waals surface area contributed by atoms with Crippen molar-refractivity contribution in [2.24, 2.45) is 0 Å². The second-order valence-electron chi connectivity index (χ2n) is 5.00. The quantitative estimate of drug-likeness (QED) is 0.878. The van der Waals surface area contributed by atoms with Crippen LogP contribution in [0.25, 0.3) is 0 Å². The van der Waals surface area contributed by atoms with Gasteiger partial charge < -0.3 is 15.3 Å².